The van der Waals surface area contributed by atoms with E-state index in [9.17, 15) is 18.0 Å². The lowest BCUT2D eigenvalue weighted by atomic mass is 9.98. The second-order valence-electron chi connectivity index (χ2n) is 9.54. The molecular weight excluding hydrogens is 514 g/mol. The molecule has 8 nitrogen and oxygen atoms in total. The Morgan fingerprint density at radius 2 is 1.72 bits per heavy atom. The molecule has 12 heteroatoms. The highest BCUT2D eigenvalue weighted by molar-refractivity contribution is 5.98. The van der Waals surface area contributed by atoms with Crippen LogP contribution in [-0.2, 0) is 12.6 Å². The van der Waals surface area contributed by atoms with Crippen LogP contribution in [0.2, 0.25) is 0 Å². The number of hydrogen-bond donors (Lipinski definition) is 0. The number of Topliss-reactive ketones (excluding diaryl/α,β-unsaturated/α-hetero) is 1. The van der Waals surface area contributed by atoms with Gasteiger partial charge in [-0.25, -0.2) is 19.0 Å². The number of aromatic nitrogens is 5. The number of hydrogen-bond acceptors (Lipinski definition) is 7. The Morgan fingerprint density at radius 1 is 1.00 bits per heavy atom. The lowest BCUT2D eigenvalue weighted by Crippen LogP contribution is -2.45. The smallest absolute Gasteiger partial charge is 0.367 e. The summed E-state index contributed by atoms with van der Waals surface area (Å²) < 4.78 is 57.8. The molecule has 2 aromatic heterocycles. The molecule has 4 aromatic rings. The van der Waals surface area contributed by atoms with Crippen LogP contribution < -0.4 is 4.90 Å². The number of benzene rings is 2. The van der Waals surface area contributed by atoms with Gasteiger partial charge in [0.25, 0.3) is 0 Å². The molecule has 0 amide bonds. The van der Waals surface area contributed by atoms with Crippen LogP contribution >= 0.6 is 0 Å². The first-order chi connectivity index (χ1) is 18.6. The van der Waals surface area contributed by atoms with E-state index in [4.69, 9.17) is 0 Å². The van der Waals surface area contributed by atoms with Crippen LogP contribution in [0.25, 0.3) is 16.9 Å². The fraction of sp³-hybridized carbons (Fsp3) is 0.296. The lowest BCUT2D eigenvalue weighted by molar-refractivity contribution is -0.139. The van der Waals surface area contributed by atoms with E-state index in [2.05, 4.69) is 20.3 Å². The molecule has 0 aliphatic carbocycles. The van der Waals surface area contributed by atoms with E-state index in [1.165, 1.54) is 12.4 Å². The van der Waals surface area contributed by atoms with E-state index >= 15 is 4.39 Å². The van der Waals surface area contributed by atoms with Crippen LogP contribution in [0, 0.1) is 12.7 Å². The Kier molecular flexibility index (Phi) is 7.13. The van der Waals surface area contributed by atoms with E-state index in [0.29, 0.717) is 54.8 Å². The predicted octanol–water partition coefficient (Wildman–Crippen LogP) is 4.37. The maximum Gasteiger partial charge on any atom is 0.419 e. The van der Waals surface area contributed by atoms with Gasteiger partial charge in [-0.1, -0.05) is 17.3 Å². The summed E-state index contributed by atoms with van der Waals surface area (Å²) in [6.07, 6.45) is 1.21. The average molecular weight is 540 g/mol. The van der Waals surface area contributed by atoms with E-state index in [0.717, 1.165) is 5.56 Å². The van der Waals surface area contributed by atoms with Gasteiger partial charge in [-0.2, -0.15) is 13.2 Å². The number of ketones is 1. The predicted molar refractivity (Wildman–Crippen MR) is 136 cm³/mol. The quantitative estimate of drug-likeness (QED) is 0.266. The first-order valence-electron chi connectivity index (χ1n) is 12.2. The summed E-state index contributed by atoms with van der Waals surface area (Å²) >= 11 is 0. The first-order valence-corrected chi connectivity index (χ1v) is 12.2. The zero-order valence-electron chi connectivity index (χ0n) is 21.3. The minimum absolute atomic E-state index is 0.174. The van der Waals surface area contributed by atoms with Crippen LogP contribution in [0.3, 0.4) is 0 Å². The summed E-state index contributed by atoms with van der Waals surface area (Å²) in [5, 5.41) is 8.33. The molecule has 0 bridgehead atoms. The normalized spacial score (nSPS) is 14.6. The van der Waals surface area contributed by atoms with Gasteiger partial charge in [-0.15, -0.1) is 5.10 Å². The van der Waals surface area contributed by atoms with Crippen LogP contribution in [0.5, 0.6) is 0 Å². The van der Waals surface area contributed by atoms with Gasteiger partial charge in [0.15, 0.2) is 11.6 Å². The fourth-order valence-corrected chi connectivity index (χ4v) is 4.50. The van der Waals surface area contributed by atoms with Crippen LogP contribution in [0.4, 0.5) is 23.2 Å². The zero-order chi connectivity index (χ0) is 27.7. The molecule has 0 spiro atoms. The van der Waals surface area contributed by atoms with E-state index in [1.807, 2.05) is 18.9 Å². The van der Waals surface area contributed by atoms with Gasteiger partial charge in [0, 0.05) is 56.1 Å². The van der Waals surface area contributed by atoms with Crippen molar-refractivity contribution in [2.75, 3.05) is 38.1 Å². The van der Waals surface area contributed by atoms with Gasteiger partial charge in [0.1, 0.15) is 12.0 Å². The molecule has 1 aliphatic rings. The molecule has 5 rings (SSSR count). The average Bonchev–Trinajstić information content (AvgIpc) is 3.40. The van der Waals surface area contributed by atoms with Crippen molar-refractivity contribution >= 4 is 11.5 Å². The molecular formula is C27H25F4N7O. The van der Waals surface area contributed by atoms with Crippen molar-refractivity contribution < 1.29 is 22.4 Å². The molecule has 1 saturated heterocycles. The Hall–Kier alpha value is -4.19. The molecule has 1 fully saturated rings. The van der Waals surface area contributed by atoms with Crippen LogP contribution in [-0.4, -0.2) is 68.9 Å². The monoisotopic (exact) mass is 539 g/mol. The summed E-state index contributed by atoms with van der Waals surface area (Å²) in [4.78, 5) is 24.8. The standard InChI is InChI=1S/C27H25F4N7O/c1-17-3-4-18(9-23(17)38-15-22(34-35-38)20-13-32-16-33-14-20)10-25(39)19-11-21(27(29,30)31)26(28)24(12-19)37-7-5-36(2)6-8-37/h3-4,9,11-16H,5-8,10H2,1-2H3. The summed E-state index contributed by atoms with van der Waals surface area (Å²) in [5.74, 6) is -1.90. The number of piperazine rings is 1. The van der Waals surface area contributed by atoms with Crippen molar-refractivity contribution in [3.8, 4) is 16.9 Å². The van der Waals surface area contributed by atoms with Gasteiger partial charge in [0.2, 0.25) is 0 Å². The maximum atomic E-state index is 15.0. The highest BCUT2D eigenvalue weighted by atomic mass is 19.4. The van der Waals surface area contributed by atoms with Crippen molar-refractivity contribution in [2.24, 2.45) is 0 Å². The van der Waals surface area contributed by atoms with Gasteiger partial charge in [-0.3, -0.25) is 4.79 Å². The third-order valence-corrected chi connectivity index (χ3v) is 6.76. The molecule has 0 atom stereocenters. The number of carbonyl (C=O) groups excluding carboxylic acids is 1. The molecule has 0 unspecified atom stereocenters. The Morgan fingerprint density at radius 3 is 2.41 bits per heavy atom. The highest BCUT2D eigenvalue weighted by Crippen LogP contribution is 2.37. The first kappa shape index (κ1) is 26.4. The molecule has 3 heterocycles. The molecule has 0 radical (unpaired) electrons. The van der Waals surface area contributed by atoms with Gasteiger partial charge >= 0.3 is 6.18 Å². The summed E-state index contributed by atoms with van der Waals surface area (Å²) in [6.45, 7) is 3.74. The maximum absolute atomic E-state index is 15.0. The van der Waals surface area contributed by atoms with Crippen molar-refractivity contribution in [1.82, 2.24) is 29.9 Å². The van der Waals surface area contributed by atoms with E-state index in [1.54, 1.807) is 46.4 Å². The molecule has 1 aliphatic heterocycles. The number of alkyl halides is 3. The fourth-order valence-electron chi connectivity index (χ4n) is 4.50. The number of nitrogens with zero attached hydrogens (tertiary/aromatic N) is 7. The summed E-state index contributed by atoms with van der Waals surface area (Å²) in [6, 6.07) is 7.11. The lowest BCUT2D eigenvalue weighted by Gasteiger charge is -2.34. The largest absolute Gasteiger partial charge is 0.419 e. The SMILES string of the molecule is Cc1ccc(CC(=O)c2cc(N3CCN(C)CC3)c(F)c(C(F)(F)F)c2)cc1-n1cc(-c2cncnc2)nn1. The molecule has 0 saturated carbocycles. The number of halogens is 4. The number of rotatable bonds is 6. The van der Waals surface area contributed by atoms with Crippen LogP contribution in [0.1, 0.15) is 27.0 Å². The van der Waals surface area contributed by atoms with Crippen LogP contribution in [0.15, 0.2) is 55.2 Å². The second kappa shape index (κ2) is 10.5. The Bertz CT molecular complexity index is 1500. The van der Waals surface area contributed by atoms with Crippen molar-refractivity contribution in [3.63, 3.8) is 0 Å². The minimum Gasteiger partial charge on any atom is -0.367 e. The van der Waals surface area contributed by atoms with Crippen molar-refractivity contribution in [3.05, 3.63) is 83.3 Å². The number of anilines is 1. The van der Waals surface area contributed by atoms with Gasteiger partial charge in [0.05, 0.1) is 23.1 Å². The number of likely N-dealkylation sites (N-methyl/N-ethyl adjacent to an activating group) is 1. The van der Waals surface area contributed by atoms with Crippen molar-refractivity contribution in [1.29, 1.82) is 0 Å². The zero-order valence-corrected chi connectivity index (χ0v) is 21.3. The summed E-state index contributed by atoms with van der Waals surface area (Å²) in [7, 11) is 1.89. The molecule has 39 heavy (non-hydrogen) atoms. The Labute approximate surface area is 221 Å². The minimum atomic E-state index is -4.94. The van der Waals surface area contributed by atoms with Gasteiger partial charge < -0.3 is 9.80 Å². The topological polar surface area (TPSA) is 80.0 Å². The van der Waals surface area contributed by atoms with E-state index < -0.39 is 23.3 Å². The number of carbonyl (C=O) groups is 1. The molecule has 0 N–H and O–H groups in total. The van der Waals surface area contributed by atoms with E-state index in [-0.39, 0.29) is 17.7 Å². The molecule has 2 aromatic carbocycles. The Balaban J connectivity index is 1.44. The summed E-state index contributed by atoms with van der Waals surface area (Å²) in [5.41, 5.74) is 1.48. The third kappa shape index (κ3) is 5.65. The number of aryl methyl sites for hydroxylation is 1. The third-order valence-electron chi connectivity index (χ3n) is 6.76. The second-order valence-corrected chi connectivity index (χ2v) is 9.54. The molecule has 202 valence electrons. The highest BCUT2D eigenvalue weighted by Gasteiger charge is 2.37. The van der Waals surface area contributed by atoms with Crippen molar-refractivity contribution in [2.45, 2.75) is 19.5 Å². The van der Waals surface area contributed by atoms with Gasteiger partial charge in [-0.05, 0) is 43.3 Å².